The Morgan fingerprint density at radius 1 is 0.667 bits per heavy atom. The van der Waals surface area contributed by atoms with Crippen LogP contribution in [0.2, 0.25) is 0 Å². The van der Waals surface area contributed by atoms with Crippen molar-refractivity contribution in [1.29, 1.82) is 5.26 Å². The van der Waals surface area contributed by atoms with Crippen molar-refractivity contribution in [1.82, 2.24) is 0 Å². The zero-order chi connectivity index (χ0) is 19.4. The second-order valence-corrected chi connectivity index (χ2v) is 10.1. The third kappa shape index (κ3) is 8.17. The summed E-state index contributed by atoms with van der Waals surface area (Å²) >= 11 is 0. The van der Waals surface area contributed by atoms with E-state index in [4.69, 9.17) is 0 Å². The van der Waals surface area contributed by atoms with Gasteiger partial charge in [-0.2, -0.15) is 5.26 Å². The molecule has 2 aliphatic carbocycles. The number of hydrogen-bond acceptors (Lipinski definition) is 1. The molecule has 0 N–H and O–H groups in total. The summed E-state index contributed by atoms with van der Waals surface area (Å²) in [6, 6.07) is 2.80. The molecule has 0 aromatic heterocycles. The van der Waals surface area contributed by atoms with Crippen LogP contribution in [0, 0.1) is 34.5 Å². The predicted molar refractivity (Wildman–Crippen MR) is 118 cm³/mol. The first-order valence-electron chi connectivity index (χ1n) is 12.6. The number of unbranched alkanes of at least 4 members (excludes halogenated alkanes) is 5. The standard InChI is InChI=1S/C26H47N/c1-3-5-7-9-11-24-16-19-26(22-27,20-17-24)21-18-25-14-12-23(13-15-25)10-8-6-4-2/h23-25H,3-21H2,1-2H3. The average Bonchev–Trinajstić information content (AvgIpc) is 2.72. The molecule has 0 aromatic rings. The summed E-state index contributed by atoms with van der Waals surface area (Å²) in [7, 11) is 0. The largest absolute Gasteiger partial charge is 0.198 e. The van der Waals surface area contributed by atoms with Gasteiger partial charge in [0, 0.05) is 0 Å². The molecular weight excluding hydrogens is 326 g/mol. The summed E-state index contributed by atoms with van der Waals surface area (Å²) in [4.78, 5) is 0. The van der Waals surface area contributed by atoms with Crippen LogP contribution < -0.4 is 0 Å². The monoisotopic (exact) mass is 373 g/mol. The Bertz CT molecular complexity index is 404. The summed E-state index contributed by atoms with van der Waals surface area (Å²) in [6.45, 7) is 4.60. The van der Waals surface area contributed by atoms with Crippen molar-refractivity contribution >= 4 is 0 Å². The number of rotatable bonds is 12. The van der Waals surface area contributed by atoms with Gasteiger partial charge in [-0.1, -0.05) is 97.3 Å². The van der Waals surface area contributed by atoms with Crippen molar-refractivity contribution in [2.24, 2.45) is 23.2 Å². The van der Waals surface area contributed by atoms with Gasteiger partial charge in [-0.15, -0.1) is 0 Å². The van der Waals surface area contributed by atoms with Crippen molar-refractivity contribution in [2.75, 3.05) is 0 Å². The van der Waals surface area contributed by atoms with Crippen LogP contribution in [0.5, 0.6) is 0 Å². The third-order valence-electron chi connectivity index (χ3n) is 7.98. The predicted octanol–water partition coefficient (Wildman–Crippen LogP) is 8.82. The average molecular weight is 374 g/mol. The van der Waals surface area contributed by atoms with Crippen LogP contribution in [0.1, 0.15) is 136 Å². The quantitative estimate of drug-likeness (QED) is 0.313. The van der Waals surface area contributed by atoms with E-state index in [1.807, 2.05) is 0 Å². The van der Waals surface area contributed by atoms with Crippen molar-refractivity contribution in [3.05, 3.63) is 0 Å². The van der Waals surface area contributed by atoms with Crippen molar-refractivity contribution in [3.8, 4) is 6.07 Å². The van der Waals surface area contributed by atoms with Crippen LogP contribution in [-0.4, -0.2) is 0 Å². The van der Waals surface area contributed by atoms with E-state index in [1.165, 1.54) is 122 Å². The van der Waals surface area contributed by atoms with E-state index in [9.17, 15) is 5.26 Å². The van der Waals surface area contributed by atoms with Crippen molar-refractivity contribution < 1.29 is 0 Å². The van der Waals surface area contributed by atoms with Crippen molar-refractivity contribution in [3.63, 3.8) is 0 Å². The minimum atomic E-state index is 0.0396. The molecule has 0 unspecified atom stereocenters. The highest BCUT2D eigenvalue weighted by Gasteiger charge is 2.36. The summed E-state index contributed by atoms with van der Waals surface area (Å²) in [5.41, 5.74) is 0.0396. The number of hydrogen-bond donors (Lipinski definition) is 0. The van der Waals surface area contributed by atoms with Gasteiger partial charge < -0.3 is 0 Å². The summed E-state index contributed by atoms with van der Waals surface area (Å²) in [5.74, 6) is 2.85. The van der Waals surface area contributed by atoms with Gasteiger partial charge in [0.25, 0.3) is 0 Å². The van der Waals surface area contributed by atoms with E-state index in [0.29, 0.717) is 0 Å². The minimum absolute atomic E-state index is 0.0396. The molecule has 0 heterocycles. The molecule has 0 saturated heterocycles. The molecule has 0 aliphatic heterocycles. The fraction of sp³-hybridized carbons (Fsp3) is 0.962. The first-order chi connectivity index (χ1) is 13.2. The fourth-order valence-electron chi connectivity index (χ4n) is 5.77. The third-order valence-corrected chi connectivity index (χ3v) is 7.98. The van der Waals surface area contributed by atoms with Crippen LogP contribution >= 0.6 is 0 Å². The topological polar surface area (TPSA) is 23.8 Å². The van der Waals surface area contributed by atoms with Gasteiger partial charge in [-0.3, -0.25) is 0 Å². The molecule has 27 heavy (non-hydrogen) atoms. The van der Waals surface area contributed by atoms with Gasteiger partial charge in [-0.05, 0) is 56.3 Å². The molecule has 0 spiro atoms. The van der Waals surface area contributed by atoms with Gasteiger partial charge in [0.05, 0.1) is 11.5 Å². The molecule has 2 aliphatic rings. The minimum Gasteiger partial charge on any atom is -0.198 e. The lowest BCUT2D eigenvalue weighted by Gasteiger charge is -2.37. The summed E-state index contributed by atoms with van der Waals surface area (Å²) < 4.78 is 0. The molecule has 2 saturated carbocycles. The number of nitrogens with zero attached hydrogens (tertiary/aromatic N) is 1. The highest BCUT2D eigenvalue weighted by atomic mass is 14.4. The Morgan fingerprint density at radius 3 is 1.70 bits per heavy atom. The lowest BCUT2D eigenvalue weighted by molar-refractivity contribution is 0.162. The maximum Gasteiger partial charge on any atom is 0.0689 e. The Balaban J connectivity index is 1.62. The van der Waals surface area contributed by atoms with Gasteiger partial charge in [0.2, 0.25) is 0 Å². The SMILES string of the molecule is CCCCCCC1CCC(C#N)(CCC2CCC(CCCCC)CC2)CC1. The molecule has 2 fully saturated rings. The second kappa shape index (κ2) is 12.9. The Hall–Kier alpha value is -0.510. The van der Waals surface area contributed by atoms with Crippen LogP contribution in [0.3, 0.4) is 0 Å². The van der Waals surface area contributed by atoms with E-state index in [-0.39, 0.29) is 5.41 Å². The fourth-order valence-corrected chi connectivity index (χ4v) is 5.77. The first kappa shape index (κ1) is 22.8. The van der Waals surface area contributed by atoms with Crippen molar-refractivity contribution in [2.45, 2.75) is 136 Å². The van der Waals surface area contributed by atoms with E-state index < -0.39 is 0 Å². The molecule has 0 bridgehead atoms. The Morgan fingerprint density at radius 2 is 1.15 bits per heavy atom. The van der Waals surface area contributed by atoms with Crippen LogP contribution in [0.15, 0.2) is 0 Å². The van der Waals surface area contributed by atoms with E-state index >= 15 is 0 Å². The zero-order valence-electron chi connectivity index (χ0n) is 18.6. The van der Waals surface area contributed by atoms with Gasteiger partial charge in [-0.25, -0.2) is 0 Å². The highest BCUT2D eigenvalue weighted by molar-refractivity contribution is 5.01. The van der Waals surface area contributed by atoms with Gasteiger partial charge >= 0.3 is 0 Å². The lowest BCUT2D eigenvalue weighted by Crippen LogP contribution is -2.27. The smallest absolute Gasteiger partial charge is 0.0689 e. The normalized spacial score (nSPS) is 31.5. The molecule has 0 atom stereocenters. The second-order valence-electron chi connectivity index (χ2n) is 10.1. The lowest BCUT2D eigenvalue weighted by atomic mass is 9.66. The van der Waals surface area contributed by atoms with Gasteiger partial charge in [0.15, 0.2) is 0 Å². The Labute approximate surface area is 170 Å². The molecule has 0 radical (unpaired) electrons. The molecule has 2 rings (SSSR count). The highest BCUT2D eigenvalue weighted by Crippen LogP contribution is 2.45. The van der Waals surface area contributed by atoms with Gasteiger partial charge in [0.1, 0.15) is 0 Å². The zero-order valence-corrected chi connectivity index (χ0v) is 18.6. The maximum atomic E-state index is 9.92. The molecule has 0 aromatic carbocycles. The van der Waals surface area contributed by atoms with E-state index in [0.717, 1.165) is 17.8 Å². The van der Waals surface area contributed by atoms with Crippen LogP contribution in [0.4, 0.5) is 0 Å². The molecule has 156 valence electrons. The molecular formula is C26H47N. The summed E-state index contributed by atoms with van der Waals surface area (Å²) in [5, 5.41) is 9.92. The molecule has 1 heteroatoms. The van der Waals surface area contributed by atoms with E-state index in [2.05, 4.69) is 19.9 Å². The molecule has 1 nitrogen and oxygen atoms in total. The number of nitriles is 1. The van der Waals surface area contributed by atoms with Crippen LogP contribution in [0.25, 0.3) is 0 Å². The first-order valence-corrected chi connectivity index (χ1v) is 12.6. The maximum absolute atomic E-state index is 9.92. The van der Waals surface area contributed by atoms with E-state index in [1.54, 1.807) is 0 Å². The van der Waals surface area contributed by atoms with Crippen LogP contribution in [-0.2, 0) is 0 Å². The Kier molecular flexibility index (Phi) is 10.8. The summed E-state index contributed by atoms with van der Waals surface area (Å²) in [6.07, 6.45) is 26.0. The molecule has 0 amide bonds.